The van der Waals surface area contributed by atoms with E-state index in [-0.39, 0.29) is 0 Å². The maximum atomic E-state index is 5.63. The van der Waals surface area contributed by atoms with E-state index in [1.54, 1.807) is 0 Å². The van der Waals surface area contributed by atoms with Gasteiger partial charge in [0.2, 0.25) is 0 Å². The molecule has 0 bridgehead atoms. The molecule has 13 nitrogen and oxygen atoms in total. The Morgan fingerprint density at radius 2 is 1.11 bits per heavy atom. The summed E-state index contributed by atoms with van der Waals surface area (Å²) in [6, 6.07) is 3.47. The van der Waals surface area contributed by atoms with Gasteiger partial charge in [-0.05, 0) is 6.42 Å². The van der Waals surface area contributed by atoms with E-state index in [1.165, 1.54) is 15.9 Å². The van der Waals surface area contributed by atoms with Crippen LogP contribution in [0.2, 0.25) is 0 Å². The molecule has 10 unspecified atom stereocenters. The fourth-order valence-corrected chi connectivity index (χ4v) is 10.4. The van der Waals surface area contributed by atoms with E-state index in [0.717, 1.165) is 89.1 Å². The first-order chi connectivity index (χ1) is 26.9. The maximum absolute atomic E-state index is 5.63. The topological polar surface area (TPSA) is 150 Å². The van der Waals surface area contributed by atoms with Gasteiger partial charge in [0.05, 0.1) is 83.1 Å². The molecule has 10 rings (SSSR count). The average Bonchev–Trinajstić information content (AvgIpc) is 3.99. The van der Waals surface area contributed by atoms with E-state index in [1.807, 2.05) is 23.5 Å². The number of fused-ring (bicyclic) bond motifs is 5. The highest BCUT2D eigenvalue weighted by atomic mass is 32.2. The monoisotopic (exact) mass is 817 g/mol. The van der Waals surface area contributed by atoms with Crippen LogP contribution in [0.4, 0.5) is 0 Å². The molecule has 10 heterocycles. The Labute approximate surface area is 345 Å². The molecule has 0 radical (unpaired) electrons. The zero-order valence-corrected chi connectivity index (χ0v) is 37.3. The van der Waals surface area contributed by atoms with Gasteiger partial charge in [0.15, 0.2) is 5.90 Å². The summed E-state index contributed by atoms with van der Waals surface area (Å²) in [5.41, 5.74) is 0. The minimum Gasteiger partial charge on any atom is -0.474 e. The van der Waals surface area contributed by atoms with E-state index < -0.39 is 0 Å². The molecule has 15 heteroatoms. The highest BCUT2D eigenvalue weighted by Crippen LogP contribution is 2.34. The fourth-order valence-electron chi connectivity index (χ4n) is 7.85. The molecule has 10 aliphatic heterocycles. The van der Waals surface area contributed by atoms with Gasteiger partial charge < -0.3 is 40.8 Å². The molecular weight excluding hydrogens is 745 g/mol. The Kier molecular flexibility index (Phi) is 16.0. The molecular formula is C41H72N10O3S2. The number of aliphatic imine (C=N–C) groups is 5. The molecule has 0 aromatic carbocycles. The van der Waals surface area contributed by atoms with Gasteiger partial charge in [0, 0.05) is 80.7 Å². The molecule has 10 aliphatic rings. The van der Waals surface area contributed by atoms with E-state index in [0.29, 0.717) is 83.2 Å². The smallest absolute Gasteiger partial charge is 0.186 e. The second kappa shape index (κ2) is 20.5. The lowest BCUT2D eigenvalue weighted by Gasteiger charge is -2.23. The lowest BCUT2D eigenvalue weighted by molar-refractivity contribution is 0.0703. The molecule has 0 aromatic rings. The summed E-state index contributed by atoms with van der Waals surface area (Å²) in [6.45, 7) is 31.5. The summed E-state index contributed by atoms with van der Waals surface area (Å²) in [7, 11) is 0. The van der Waals surface area contributed by atoms with Gasteiger partial charge in [-0.25, -0.2) is 4.99 Å². The largest absolute Gasteiger partial charge is 0.474 e. The van der Waals surface area contributed by atoms with E-state index in [2.05, 4.69) is 121 Å². The van der Waals surface area contributed by atoms with Crippen LogP contribution in [-0.2, 0) is 14.2 Å². The predicted octanol–water partition coefficient (Wildman–Crippen LogP) is 3.88. The summed E-state index contributed by atoms with van der Waals surface area (Å²) >= 11 is 3.89. The molecule has 5 N–H and O–H groups in total. The van der Waals surface area contributed by atoms with Crippen LogP contribution in [0.15, 0.2) is 25.0 Å². The maximum Gasteiger partial charge on any atom is 0.186 e. The van der Waals surface area contributed by atoms with Gasteiger partial charge >= 0.3 is 0 Å². The summed E-state index contributed by atoms with van der Waals surface area (Å²) in [5.74, 6) is 6.06. The van der Waals surface area contributed by atoms with Crippen molar-refractivity contribution in [1.29, 1.82) is 0 Å². The number of amidine groups is 2. The number of rotatable bonds is 5. The van der Waals surface area contributed by atoms with E-state index in [4.69, 9.17) is 14.2 Å². The Bertz CT molecular complexity index is 1280. The quantitative estimate of drug-likeness (QED) is 0.277. The molecule has 0 spiro atoms. The zero-order valence-electron chi connectivity index (χ0n) is 35.7. The van der Waals surface area contributed by atoms with Crippen LogP contribution in [0.25, 0.3) is 0 Å². The third-order valence-electron chi connectivity index (χ3n) is 11.3. The van der Waals surface area contributed by atoms with Crippen molar-refractivity contribution < 1.29 is 14.2 Å². The van der Waals surface area contributed by atoms with Crippen molar-refractivity contribution in [3.05, 3.63) is 0 Å². The standard InChI is InChI=1S/C9H16N2O.C8H15N3.C8H14N2O.C8H14N2S.C8H13NOS/c1-6(2)9-10-7-3-4-12-5-8(7)11-9;3*1-5(2)8-10-6-3-9-4-7(6)11-8;1-5(2)8-9-6-3-10-4-7(6)11-8/h6-8H,3-5H2,1-2H3,(H,10,11);5-7,9H,3-4H2,1-2H3,(H,10,11);2*5-7,9H,3-4H2,1-2H3;5-7H,3-4H2,1-2H3. The van der Waals surface area contributed by atoms with E-state index in [9.17, 15) is 0 Å². The summed E-state index contributed by atoms with van der Waals surface area (Å²) < 4.78 is 16.3. The molecule has 316 valence electrons. The van der Waals surface area contributed by atoms with Gasteiger partial charge in [-0.15, -0.1) is 23.5 Å². The number of hydrogen-bond donors (Lipinski definition) is 5. The highest BCUT2D eigenvalue weighted by Gasteiger charge is 2.38. The molecule has 0 aromatic heterocycles. The van der Waals surface area contributed by atoms with Crippen LogP contribution in [0.1, 0.15) is 75.7 Å². The lowest BCUT2D eigenvalue weighted by Crippen LogP contribution is -2.43. The summed E-state index contributed by atoms with van der Waals surface area (Å²) in [6.07, 6.45) is 1.40. The van der Waals surface area contributed by atoms with Gasteiger partial charge in [-0.3, -0.25) is 20.0 Å². The van der Waals surface area contributed by atoms with E-state index >= 15 is 0 Å². The lowest BCUT2D eigenvalue weighted by atomic mass is 10.1. The van der Waals surface area contributed by atoms with Crippen molar-refractivity contribution in [3.63, 3.8) is 0 Å². The van der Waals surface area contributed by atoms with Crippen molar-refractivity contribution >= 4 is 51.2 Å². The fraction of sp³-hybridized carbons (Fsp3) is 0.878. The number of ether oxygens (including phenoxy) is 3. The number of nitrogens with zero attached hydrogens (tertiary/aromatic N) is 5. The minimum absolute atomic E-state index is 0.326. The first-order valence-electron chi connectivity index (χ1n) is 21.5. The summed E-state index contributed by atoms with van der Waals surface area (Å²) in [4.78, 5) is 23.0. The molecule has 10 atom stereocenters. The van der Waals surface area contributed by atoms with Crippen LogP contribution >= 0.6 is 23.5 Å². The van der Waals surface area contributed by atoms with Gasteiger partial charge in [-0.2, -0.15) is 0 Å². The van der Waals surface area contributed by atoms with Crippen molar-refractivity contribution in [2.45, 2.75) is 135 Å². The van der Waals surface area contributed by atoms with Crippen molar-refractivity contribution in [2.24, 2.45) is 54.6 Å². The van der Waals surface area contributed by atoms with Gasteiger partial charge in [0.25, 0.3) is 0 Å². The van der Waals surface area contributed by atoms with Crippen molar-refractivity contribution in [1.82, 2.24) is 26.6 Å². The summed E-state index contributed by atoms with van der Waals surface area (Å²) in [5, 5.41) is 20.8. The first kappa shape index (κ1) is 43.8. The first-order valence-corrected chi connectivity index (χ1v) is 23.3. The van der Waals surface area contributed by atoms with Crippen LogP contribution < -0.4 is 26.6 Å². The Balaban J connectivity index is 0.000000119. The molecule has 5 saturated heterocycles. The normalized spacial score (nSPS) is 35.4. The van der Waals surface area contributed by atoms with Gasteiger partial charge in [0.1, 0.15) is 12.1 Å². The average molecular weight is 817 g/mol. The van der Waals surface area contributed by atoms with Crippen LogP contribution in [-0.4, -0.2) is 152 Å². The van der Waals surface area contributed by atoms with Crippen molar-refractivity contribution in [2.75, 3.05) is 65.7 Å². The Hall–Kier alpha value is -1.75. The molecule has 5 fully saturated rings. The SMILES string of the molecule is CC(C)C1=NC2CCOCC2N1.CC(C)C1=NC2CNCC2N1.CC(C)C1=NC2CNCC2O1.CC(C)C1=NC2CNCC2S1.CC(C)C1=NC2COCC2S1. The third-order valence-corrected chi connectivity index (χ3v) is 14.5. The van der Waals surface area contributed by atoms with Crippen LogP contribution in [0.3, 0.4) is 0 Å². The van der Waals surface area contributed by atoms with Gasteiger partial charge in [-0.1, -0.05) is 69.2 Å². The third kappa shape index (κ3) is 11.5. The predicted molar refractivity (Wildman–Crippen MR) is 237 cm³/mol. The molecule has 0 amide bonds. The second-order valence-corrected chi connectivity index (χ2v) is 20.4. The van der Waals surface area contributed by atoms with Crippen molar-refractivity contribution in [3.8, 4) is 0 Å². The van der Waals surface area contributed by atoms with Crippen LogP contribution in [0, 0.1) is 29.6 Å². The molecule has 0 saturated carbocycles. The zero-order chi connectivity index (χ0) is 39.9. The molecule has 0 aliphatic carbocycles. The Morgan fingerprint density at radius 3 is 1.71 bits per heavy atom. The minimum atomic E-state index is 0.326. The Morgan fingerprint density at radius 1 is 0.500 bits per heavy atom. The number of hydrogen-bond acceptors (Lipinski definition) is 15. The number of thioether (sulfide) groups is 2. The number of nitrogens with one attached hydrogen (secondary N) is 5. The second-order valence-electron chi connectivity index (χ2n) is 17.9. The molecule has 56 heavy (non-hydrogen) atoms. The highest BCUT2D eigenvalue weighted by molar-refractivity contribution is 8.15. The van der Waals surface area contributed by atoms with Crippen LogP contribution in [0.5, 0.6) is 0 Å².